The number of thioether (sulfide) groups is 2. The van der Waals surface area contributed by atoms with E-state index in [0.717, 1.165) is 57.3 Å². The van der Waals surface area contributed by atoms with Crippen LogP contribution in [0.25, 0.3) is 0 Å². The second kappa shape index (κ2) is 23.7. The van der Waals surface area contributed by atoms with Gasteiger partial charge in [-0.3, -0.25) is 9.59 Å². The van der Waals surface area contributed by atoms with Crippen LogP contribution in [0.2, 0.25) is 0 Å². The molecular weight excluding hydrogens is 973 g/mol. The van der Waals surface area contributed by atoms with Gasteiger partial charge >= 0.3 is 11.9 Å². The molecule has 2 amide bonds. The highest BCUT2D eigenvalue weighted by molar-refractivity contribution is 7.99. The lowest BCUT2D eigenvalue weighted by molar-refractivity contribution is -0.144. The summed E-state index contributed by atoms with van der Waals surface area (Å²) in [5.41, 5.74) is 8.12. The molecule has 0 aromatic heterocycles. The molecular formula is C60H80N2O10S2. The summed E-state index contributed by atoms with van der Waals surface area (Å²) < 4.78 is 23.7. The number of fused-ring (bicyclic) bond motifs is 2. The van der Waals surface area contributed by atoms with Crippen LogP contribution in [0.1, 0.15) is 163 Å². The molecule has 4 aromatic rings. The average Bonchev–Trinajstić information content (AvgIpc) is 3.30. The third-order valence-corrected chi connectivity index (χ3v) is 16.0. The number of hydrogen-bond donors (Lipinski definition) is 4. The predicted octanol–water partition coefficient (Wildman–Crippen LogP) is 10.3. The Morgan fingerprint density at radius 1 is 0.486 bits per heavy atom. The molecule has 12 nitrogen and oxygen atoms in total. The van der Waals surface area contributed by atoms with E-state index in [4.69, 9.17) is 18.9 Å². The number of hydrogen-bond acceptors (Lipinski definition) is 12. The Kier molecular flexibility index (Phi) is 18.5. The van der Waals surface area contributed by atoms with Crippen molar-refractivity contribution in [3.63, 3.8) is 0 Å². The number of ether oxygens (including phenoxy) is 4. The lowest BCUT2D eigenvalue weighted by Crippen LogP contribution is -2.45. The minimum absolute atomic E-state index is 0.0924. The van der Waals surface area contributed by atoms with Crippen molar-refractivity contribution < 1.29 is 48.3 Å². The van der Waals surface area contributed by atoms with Gasteiger partial charge in [0.15, 0.2) is 13.2 Å². The third kappa shape index (κ3) is 14.7. The maximum absolute atomic E-state index is 14.0. The van der Waals surface area contributed by atoms with Gasteiger partial charge in [0, 0.05) is 37.2 Å². The van der Waals surface area contributed by atoms with E-state index in [1.807, 2.05) is 24.3 Å². The van der Waals surface area contributed by atoms with E-state index in [1.54, 1.807) is 0 Å². The number of amides is 2. The van der Waals surface area contributed by atoms with Gasteiger partial charge in [0.1, 0.15) is 35.1 Å². The molecule has 1 heterocycles. The monoisotopic (exact) mass is 1050 g/mol. The summed E-state index contributed by atoms with van der Waals surface area (Å²) in [5.74, 6) is 0.906. The summed E-state index contributed by atoms with van der Waals surface area (Å²) >= 11 is 3.04. The van der Waals surface area contributed by atoms with E-state index >= 15 is 0 Å². The average molecular weight is 1050 g/mol. The van der Waals surface area contributed by atoms with Gasteiger partial charge in [0.2, 0.25) is 0 Å². The summed E-state index contributed by atoms with van der Waals surface area (Å²) in [5, 5.41) is 31.1. The lowest BCUT2D eigenvalue weighted by Gasteiger charge is -2.28. The topological polar surface area (TPSA) is 170 Å². The number of benzene rings is 4. The zero-order chi connectivity index (χ0) is 54.5. The van der Waals surface area contributed by atoms with Crippen molar-refractivity contribution in [1.82, 2.24) is 10.6 Å². The number of nitrogens with one attached hydrogen (secondary N) is 2. The molecule has 0 saturated carbocycles. The molecule has 6 rings (SSSR count). The molecule has 10 bridgehead atoms. The van der Waals surface area contributed by atoms with Gasteiger partial charge < -0.3 is 39.8 Å². The molecule has 402 valence electrons. The largest absolute Gasteiger partial charge is 0.507 e. The van der Waals surface area contributed by atoms with Gasteiger partial charge in [0.25, 0.3) is 11.8 Å². The Morgan fingerprint density at radius 2 is 0.743 bits per heavy atom. The molecule has 2 atom stereocenters. The van der Waals surface area contributed by atoms with Crippen molar-refractivity contribution in [2.75, 3.05) is 50.4 Å². The van der Waals surface area contributed by atoms with Gasteiger partial charge in [-0.1, -0.05) is 132 Å². The van der Waals surface area contributed by atoms with Crippen LogP contribution in [0.15, 0.2) is 48.5 Å². The van der Waals surface area contributed by atoms with Crippen LogP contribution in [0.3, 0.4) is 0 Å². The van der Waals surface area contributed by atoms with E-state index in [0.29, 0.717) is 45.3 Å². The van der Waals surface area contributed by atoms with E-state index in [2.05, 4.69) is 118 Å². The molecule has 4 N–H and O–H groups in total. The normalized spacial score (nSPS) is 18.1. The van der Waals surface area contributed by atoms with Crippen LogP contribution < -0.4 is 20.1 Å². The Labute approximate surface area is 448 Å². The minimum Gasteiger partial charge on any atom is -0.507 e. The fourth-order valence-corrected chi connectivity index (χ4v) is 11.3. The van der Waals surface area contributed by atoms with Crippen molar-refractivity contribution in [2.24, 2.45) is 0 Å². The number of aromatic hydroxyl groups is 2. The van der Waals surface area contributed by atoms with Gasteiger partial charge in [-0.25, -0.2) is 9.59 Å². The second-order valence-corrected chi connectivity index (χ2v) is 26.3. The van der Waals surface area contributed by atoms with Gasteiger partial charge in [-0.05, 0) is 113 Å². The second-order valence-electron chi connectivity index (χ2n) is 24.0. The lowest BCUT2D eigenvalue weighted by atomic mass is 9.79. The molecule has 14 heteroatoms. The molecule has 0 spiro atoms. The zero-order valence-corrected chi connectivity index (χ0v) is 47.9. The van der Waals surface area contributed by atoms with Crippen molar-refractivity contribution in [3.8, 4) is 23.0 Å². The quantitative estimate of drug-likeness (QED) is 0.124. The highest BCUT2D eigenvalue weighted by Crippen LogP contribution is 2.44. The number of rotatable bonds is 2. The maximum atomic E-state index is 14.0. The van der Waals surface area contributed by atoms with Gasteiger partial charge in [0.05, 0.1) is 14.2 Å². The SMILES string of the molecule is COC(=O)C1CSCCCCSCC(C(=O)OC)NC(=O)COc2c3cc(C(C)(C)C)cc2Cc2cc(C(C)(C)C)cc(c2O)Cc2cc(C(C)(C)C)cc(c2OCC(=O)N1)Cc1cc(C(C)(C)C)cc(c1O)C3. The maximum Gasteiger partial charge on any atom is 0.329 e. The van der Waals surface area contributed by atoms with Crippen molar-refractivity contribution in [3.05, 3.63) is 115 Å². The molecule has 4 aromatic carbocycles. The van der Waals surface area contributed by atoms with E-state index < -0.39 is 49.1 Å². The first-order chi connectivity index (χ1) is 34.6. The summed E-state index contributed by atoms with van der Waals surface area (Å²) in [4.78, 5) is 54.3. The molecule has 2 unspecified atom stereocenters. The Morgan fingerprint density at radius 3 is 0.986 bits per heavy atom. The fraction of sp³-hybridized carbons (Fsp3) is 0.533. The van der Waals surface area contributed by atoms with Crippen LogP contribution in [-0.2, 0) is 76.0 Å². The number of phenols is 2. The summed E-state index contributed by atoms with van der Waals surface area (Å²) in [6.45, 7) is 24.8. The minimum atomic E-state index is -0.933. The van der Waals surface area contributed by atoms with Gasteiger partial charge in [-0.15, -0.1) is 0 Å². The number of carbonyl (C=O) groups excluding carboxylic acids is 4. The molecule has 0 radical (unpaired) electrons. The standard InChI is InChI=1S/C60H80N2O10S2/c1-57(2,3)43-23-35-19-39-27-45(59(7,8)9)29-41-21-37-25-44(58(4,5)6)26-38(52(37)66)22-42-30-46(60(10,11)12)28-40(20-36(24-43)51(35)65)54(42)72-32-50(64)62-48(56(68)70-14)34-74-18-16-15-17-73-33-47(55(67)69-13)61-49(63)31-71-53(39)41/h23-30,47-48,65-66H,15-22,31-34H2,1-14H3,(H,61,63)(H,62,64). The number of methoxy groups -OCH3 is 2. The third-order valence-electron chi connectivity index (χ3n) is 13.7. The fourth-order valence-electron chi connectivity index (χ4n) is 9.20. The van der Waals surface area contributed by atoms with Gasteiger partial charge in [-0.2, -0.15) is 23.5 Å². The highest BCUT2D eigenvalue weighted by atomic mass is 32.2. The molecule has 74 heavy (non-hydrogen) atoms. The predicted molar refractivity (Wildman–Crippen MR) is 298 cm³/mol. The van der Waals surface area contributed by atoms with Crippen LogP contribution in [-0.4, -0.2) is 96.5 Å². The Balaban J connectivity index is 1.68. The molecule has 0 fully saturated rings. The smallest absolute Gasteiger partial charge is 0.329 e. The number of esters is 2. The van der Waals surface area contributed by atoms with Crippen molar-refractivity contribution in [1.29, 1.82) is 0 Å². The van der Waals surface area contributed by atoms with E-state index in [1.165, 1.54) is 37.7 Å². The first-order valence-corrected chi connectivity index (χ1v) is 28.1. The van der Waals surface area contributed by atoms with Crippen LogP contribution in [0.5, 0.6) is 23.0 Å². The first-order valence-electron chi connectivity index (χ1n) is 25.8. The molecule has 1 aliphatic carbocycles. The number of carbonyl (C=O) groups is 4. The van der Waals surface area contributed by atoms with Crippen LogP contribution in [0, 0.1) is 0 Å². The van der Waals surface area contributed by atoms with E-state index in [-0.39, 0.29) is 70.3 Å². The van der Waals surface area contributed by atoms with E-state index in [9.17, 15) is 29.4 Å². The van der Waals surface area contributed by atoms with Crippen LogP contribution in [0.4, 0.5) is 0 Å². The molecule has 2 aliphatic rings. The summed E-state index contributed by atoms with van der Waals surface area (Å²) in [6.07, 6.45) is 2.49. The van der Waals surface area contributed by atoms with Crippen molar-refractivity contribution >= 4 is 47.3 Å². The number of phenolic OH excluding ortho intramolecular Hbond substituents is 2. The van der Waals surface area contributed by atoms with Crippen LogP contribution >= 0.6 is 23.5 Å². The Hall–Kier alpha value is -5.34. The summed E-state index contributed by atoms with van der Waals surface area (Å²) in [7, 11) is 2.59. The molecule has 0 saturated heterocycles. The highest BCUT2D eigenvalue weighted by Gasteiger charge is 2.31. The summed E-state index contributed by atoms with van der Waals surface area (Å²) in [6, 6.07) is 14.6. The zero-order valence-electron chi connectivity index (χ0n) is 46.2. The van der Waals surface area contributed by atoms with Crippen molar-refractivity contribution in [2.45, 2.75) is 155 Å². The Bertz CT molecular complexity index is 2440. The first kappa shape index (κ1) is 57.9. The molecule has 1 aliphatic heterocycles.